The van der Waals surface area contributed by atoms with Crippen LogP contribution in [0.4, 0.5) is 0 Å². The van der Waals surface area contributed by atoms with Crippen LogP contribution in [0.15, 0.2) is 17.2 Å². The van der Waals surface area contributed by atoms with E-state index in [1.807, 2.05) is 19.9 Å². The number of hydrogen-bond donors (Lipinski definition) is 0. The van der Waals surface area contributed by atoms with Crippen molar-refractivity contribution in [3.05, 3.63) is 27.6 Å². The summed E-state index contributed by atoms with van der Waals surface area (Å²) in [7, 11) is 0. The molecule has 0 radical (unpaired) electrons. The minimum atomic E-state index is -0.607. The van der Waals surface area contributed by atoms with Crippen molar-refractivity contribution in [2.24, 2.45) is 0 Å². The van der Waals surface area contributed by atoms with Crippen LogP contribution < -0.4 is 5.56 Å². The van der Waals surface area contributed by atoms with E-state index in [-0.39, 0.29) is 11.5 Å². The molecule has 0 aliphatic carbocycles. The first-order valence-electron chi connectivity index (χ1n) is 6.78. The van der Waals surface area contributed by atoms with Gasteiger partial charge in [-0.3, -0.25) is 9.36 Å². The molecule has 2 aromatic heterocycles. The maximum absolute atomic E-state index is 12.5. The predicted molar refractivity (Wildman–Crippen MR) is 79.2 cm³/mol. The van der Waals surface area contributed by atoms with Crippen LogP contribution in [0.1, 0.15) is 38.1 Å². The van der Waals surface area contributed by atoms with Gasteiger partial charge < -0.3 is 4.74 Å². The predicted octanol–water partition coefficient (Wildman–Crippen LogP) is 2.53. The highest BCUT2D eigenvalue weighted by Crippen LogP contribution is 2.22. The largest absolute Gasteiger partial charge is 0.464 e. The minimum absolute atomic E-state index is 0.175. The molecule has 0 spiro atoms. The number of fused-ring (bicyclic) bond motifs is 1. The van der Waals surface area contributed by atoms with Gasteiger partial charge in [-0.25, -0.2) is 9.78 Å². The lowest BCUT2D eigenvalue weighted by Crippen LogP contribution is -2.30. The molecule has 2 rings (SSSR count). The van der Waals surface area contributed by atoms with Crippen LogP contribution in [0.3, 0.4) is 0 Å². The summed E-state index contributed by atoms with van der Waals surface area (Å²) in [4.78, 5) is 30.5. The van der Waals surface area contributed by atoms with Crippen molar-refractivity contribution in [2.75, 3.05) is 6.61 Å². The van der Waals surface area contributed by atoms with Crippen molar-refractivity contribution < 1.29 is 9.53 Å². The first-order chi connectivity index (χ1) is 9.62. The third-order valence-corrected chi connectivity index (χ3v) is 4.34. The van der Waals surface area contributed by atoms with Crippen LogP contribution in [-0.4, -0.2) is 22.1 Å². The number of carbonyl (C=O) groups excluding carboxylic acids is 1. The van der Waals surface area contributed by atoms with Crippen LogP contribution >= 0.6 is 11.3 Å². The Kier molecular flexibility index (Phi) is 4.54. The third kappa shape index (κ3) is 2.60. The molecule has 0 unspecified atom stereocenters. The Bertz CT molecular complexity index is 675. The highest BCUT2D eigenvalue weighted by atomic mass is 32.1. The summed E-state index contributed by atoms with van der Waals surface area (Å²) >= 11 is 1.52. The Labute approximate surface area is 121 Å². The number of esters is 1. The lowest BCUT2D eigenvalue weighted by atomic mass is 10.2. The highest BCUT2D eigenvalue weighted by molar-refractivity contribution is 7.18. The first kappa shape index (κ1) is 14.7. The molecule has 1 atom stereocenters. The topological polar surface area (TPSA) is 61.2 Å². The number of hydrogen-bond acceptors (Lipinski definition) is 5. The zero-order valence-electron chi connectivity index (χ0n) is 11.9. The molecule has 0 saturated carbocycles. The van der Waals surface area contributed by atoms with E-state index in [1.165, 1.54) is 22.2 Å². The van der Waals surface area contributed by atoms with E-state index in [2.05, 4.69) is 4.98 Å². The maximum atomic E-state index is 12.5. The molecule has 0 N–H and O–H groups in total. The monoisotopic (exact) mass is 294 g/mol. The Hall–Kier alpha value is -1.69. The number of aryl methyl sites for hydroxylation is 1. The summed E-state index contributed by atoms with van der Waals surface area (Å²) in [5.74, 6) is -0.385. The quantitative estimate of drug-likeness (QED) is 0.795. The fourth-order valence-corrected chi connectivity index (χ4v) is 3.02. The van der Waals surface area contributed by atoms with Gasteiger partial charge in [-0.1, -0.05) is 13.8 Å². The van der Waals surface area contributed by atoms with E-state index < -0.39 is 6.04 Å². The van der Waals surface area contributed by atoms with E-state index in [0.29, 0.717) is 18.4 Å². The van der Waals surface area contributed by atoms with Gasteiger partial charge in [0.25, 0.3) is 5.56 Å². The van der Waals surface area contributed by atoms with Crippen molar-refractivity contribution in [1.82, 2.24) is 9.55 Å². The van der Waals surface area contributed by atoms with Gasteiger partial charge in [-0.15, -0.1) is 11.3 Å². The van der Waals surface area contributed by atoms with E-state index >= 15 is 0 Å². The molecule has 0 aliphatic heterocycles. The molecule has 0 bridgehead atoms. The van der Waals surface area contributed by atoms with E-state index in [1.54, 1.807) is 6.92 Å². The number of rotatable bonds is 5. The second-order valence-corrected chi connectivity index (χ2v) is 5.53. The lowest BCUT2D eigenvalue weighted by molar-refractivity contribution is -0.147. The maximum Gasteiger partial charge on any atom is 0.329 e. The Morgan fingerprint density at radius 1 is 1.45 bits per heavy atom. The Balaban J connectivity index is 2.51. The van der Waals surface area contributed by atoms with Crippen molar-refractivity contribution in [2.45, 2.75) is 39.7 Å². The summed E-state index contributed by atoms with van der Waals surface area (Å²) < 4.78 is 6.40. The Morgan fingerprint density at radius 2 is 2.20 bits per heavy atom. The van der Waals surface area contributed by atoms with E-state index in [9.17, 15) is 9.59 Å². The number of thiophene rings is 1. The van der Waals surface area contributed by atoms with Gasteiger partial charge in [-0.2, -0.15) is 0 Å². The molecule has 0 aromatic carbocycles. The molecule has 0 amide bonds. The molecule has 20 heavy (non-hydrogen) atoms. The van der Waals surface area contributed by atoms with Gasteiger partial charge in [0.2, 0.25) is 0 Å². The van der Waals surface area contributed by atoms with Crippen molar-refractivity contribution in [1.29, 1.82) is 0 Å². The van der Waals surface area contributed by atoms with Gasteiger partial charge in [0.15, 0.2) is 0 Å². The average molecular weight is 294 g/mol. The summed E-state index contributed by atoms with van der Waals surface area (Å²) in [6, 6.07) is 1.26. The standard InChI is InChI=1S/C14H18N2O3S/c1-4-9-7-10-12(20-9)15-8-16(13(10)17)11(5-2)14(18)19-6-3/h7-8,11H,4-6H2,1-3H3/t11-/m1/s1. The van der Waals surface area contributed by atoms with Crippen LogP contribution in [0.2, 0.25) is 0 Å². The number of ether oxygens (including phenoxy) is 1. The summed E-state index contributed by atoms with van der Waals surface area (Å²) in [5, 5.41) is 0.581. The normalized spacial score (nSPS) is 12.6. The molecule has 0 fully saturated rings. The first-order valence-corrected chi connectivity index (χ1v) is 7.60. The number of nitrogens with zero attached hydrogens (tertiary/aromatic N) is 2. The van der Waals surface area contributed by atoms with Gasteiger partial charge in [-0.05, 0) is 25.8 Å². The molecular weight excluding hydrogens is 276 g/mol. The van der Waals surface area contributed by atoms with Crippen LogP contribution in [0.5, 0.6) is 0 Å². The Morgan fingerprint density at radius 3 is 2.80 bits per heavy atom. The summed E-state index contributed by atoms with van der Waals surface area (Å²) in [6.07, 6.45) is 2.82. The summed E-state index contributed by atoms with van der Waals surface area (Å²) in [6.45, 7) is 5.94. The molecular formula is C14H18N2O3S. The van der Waals surface area contributed by atoms with Crippen molar-refractivity contribution in [3.8, 4) is 0 Å². The molecule has 5 nitrogen and oxygen atoms in total. The zero-order valence-corrected chi connectivity index (χ0v) is 12.7. The molecule has 2 aromatic rings. The van der Waals surface area contributed by atoms with Gasteiger partial charge in [0.1, 0.15) is 10.9 Å². The number of carbonyl (C=O) groups is 1. The van der Waals surface area contributed by atoms with Crippen LogP contribution in [0.25, 0.3) is 10.2 Å². The van der Waals surface area contributed by atoms with Gasteiger partial charge in [0.05, 0.1) is 18.3 Å². The second-order valence-electron chi connectivity index (χ2n) is 4.42. The third-order valence-electron chi connectivity index (χ3n) is 3.16. The van der Waals surface area contributed by atoms with E-state index in [4.69, 9.17) is 4.74 Å². The second kappa shape index (κ2) is 6.17. The molecule has 2 heterocycles. The lowest BCUT2D eigenvalue weighted by Gasteiger charge is -2.15. The van der Waals surface area contributed by atoms with Crippen LogP contribution in [-0.2, 0) is 16.0 Å². The summed E-state index contributed by atoms with van der Waals surface area (Å²) in [5.41, 5.74) is -0.175. The van der Waals surface area contributed by atoms with Crippen molar-refractivity contribution in [3.63, 3.8) is 0 Å². The smallest absolute Gasteiger partial charge is 0.329 e. The van der Waals surface area contributed by atoms with Crippen molar-refractivity contribution >= 4 is 27.5 Å². The van der Waals surface area contributed by atoms with Gasteiger partial charge in [0, 0.05) is 4.88 Å². The minimum Gasteiger partial charge on any atom is -0.464 e. The SMILES string of the molecule is CCOC(=O)[C@@H](CC)n1cnc2sc(CC)cc2c1=O. The van der Waals surface area contributed by atoms with Crippen LogP contribution in [0, 0.1) is 0 Å². The molecule has 0 aliphatic rings. The fraction of sp³-hybridized carbons (Fsp3) is 0.500. The molecule has 108 valence electrons. The fourth-order valence-electron chi connectivity index (χ4n) is 2.10. The molecule has 6 heteroatoms. The number of aromatic nitrogens is 2. The zero-order chi connectivity index (χ0) is 14.7. The highest BCUT2D eigenvalue weighted by Gasteiger charge is 2.22. The average Bonchev–Trinajstić information content (AvgIpc) is 2.86. The van der Waals surface area contributed by atoms with Gasteiger partial charge >= 0.3 is 5.97 Å². The van der Waals surface area contributed by atoms with E-state index in [0.717, 1.165) is 16.1 Å². The molecule has 0 saturated heterocycles.